The zero-order chi connectivity index (χ0) is 14.5. The topological polar surface area (TPSA) is 43.8 Å². The second-order valence-electron chi connectivity index (χ2n) is 5.02. The van der Waals surface area contributed by atoms with Crippen LogP contribution in [0.5, 0.6) is 0 Å². The first kappa shape index (κ1) is 14.6. The van der Waals surface area contributed by atoms with Gasteiger partial charge in [0.15, 0.2) is 0 Å². The minimum absolute atomic E-state index is 0.140. The third kappa shape index (κ3) is 3.02. The molecule has 20 heavy (non-hydrogen) atoms. The Morgan fingerprint density at radius 3 is 2.65 bits per heavy atom. The molecule has 0 radical (unpaired) electrons. The number of carbonyl (C=O) groups excluding carboxylic acids is 1. The van der Waals surface area contributed by atoms with Gasteiger partial charge in [-0.25, -0.2) is 0 Å². The molecule has 1 saturated heterocycles. The van der Waals surface area contributed by atoms with E-state index in [1.54, 1.807) is 0 Å². The Hall–Kier alpha value is -1.81. The SMILES string of the molecule is C=CC1CC(=O)N(c2ccc(N(CC)CCO)cc2)C1. The largest absolute Gasteiger partial charge is 0.395 e. The molecule has 1 aliphatic rings. The summed E-state index contributed by atoms with van der Waals surface area (Å²) in [4.78, 5) is 15.9. The molecule has 1 unspecified atom stereocenters. The molecule has 0 saturated carbocycles. The standard InChI is InChI=1S/C16H22N2O2/c1-3-13-11-16(20)18(12-13)15-7-5-14(6-8-15)17(4-2)9-10-19/h3,5-8,13,19H,1,4,9-12H2,2H3. The van der Waals surface area contributed by atoms with Gasteiger partial charge in [0.2, 0.25) is 5.91 Å². The predicted molar refractivity (Wildman–Crippen MR) is 82.1 cm³/mol. The molecule has 1 aliphatic heterocycles. The van der Waals surface area contributed by atoms with Gasteiger partial charge in [0.25, 0.3) is 0 Å². The van der Waals surface area contributed by atoms with Crippen LogP contribution < -0.4 is 9.80 Å². The summed E-state index contributed by atoms with van der Waals surface area (Å²) in [6, 6.07) is 7.95. The van der Waals surface area contributed by atoms with Crippen molar-refractivity contribution >= 4 is 17.3 Å². The van der Waals surface area contributed by atoms with Crippen molar-refractivity contribution in [3.8, 4) is 0 Å². The van der Waals surface area contributed by atoms with E-state index in [2.05, 4.69) is 18.4 Å². The Bertz CT molecular complexity index is 470. The minimum atomic E-state index is 0.140. The molecular formula is C16H22N2O2. The van der Waals surface area contributed by atoms with Crippen LogP contribution in [0.15, 0.2) is 36.9 Å². The van der Waals surface area contributed by atoms with Crippen molar-refractivity contribution in [1.29, 1.82) is 0 Å². The molecule has 0 aliphatic carbocycles. The maximum Gasteiger partial charge on any atom is 0.227 e. The Kier molecular flexibility index (Phi) is 4.79. The molecule has 2 rings (SSSR count). The number of anilines is 2. The van der Waals surface area contributed by atoms with E-state index < -0.39 is 0 Å². The molecule has 0 aromatic heterocycles. The lowest BCUT2D eigenvalue weighted by Gasteiger charge is -2.23. The maximum absolute atomic E-state index is 12.0. The van der Waals surface area contributed by atoms with Crippen molar-refractivity contribution in [2.75, 3.05) is 36.0 Å². The van der Waals surface area contributed by atoms with Crippen molar-refractivity contribution in [1.82, 2.24) is 0 Å². The zero-order valence-corrected chi connectivity index (χ0v) is 12.0. The summed E-state index contributed by atoms with van der Waals surface area (Å²) in [5.41, 5.74) is 2.00. The average Bonchev–Trinajstić information content (AvgIpc) is 2.86. The average molecular weight is 274 g/mol. The first-order valence-corrected chi connectivity index (χ1v) is 7.08. The summed E-state index contributed by atoms with van der Waals surface area (Å²) in [7, 11) is 0. The van der Waals surface area contributed by atoms with Gasteiger partial charge < -0.3 is 14.9 Å². The summed E-state index contributed by atoms with van der Waals surface area (Å²) in [6.45, 7) is 8.15. The van der Waals surface area contributed by atoms with Crippen LogP contribution in [0.1, 0.15) is 13.3 Å². The van der Waals surface area contributed by atoms with Crippen LogP contribution in [0.4, 0.5) is 11.4 Å². The number of likely N-dealkylation sites (N-methyl/N-ethyl adjacent to an activating group) is 1. The normalized spacial score (nSPS) is 18.4. The molecule has 1 heterocycles. The third-order valence-corrected chi connectivity index (χ3v) is 3.77. The van der Waals surface area contributed by atoms with E-state index in [4.69, 9.17) is 5.11 Å². The Balaban J connectivity index is 2.12. The van der Waals surface area contributed by atoms with Gasteiger partial charge in [0.05, 0.1) is 6.61 Å². The molecule has 1 aromatic rings. The van der Waals surface area contributed by atoms with E-state index in [0.717, 1.165) is 24.5 Å². The molecule has 108 valence electrons. The van der Waals surface area contributed by atoms with Gasteiger partial charge in [0, 0.05) is 43.3 Å². The first-order chi connectivity index (χ1) is 9.69. The number of carbonyl (C=O) groups is 1. The van der Waals surface area contributed by atoms with Gasteiger partial charge in [0.1, 0.15) is 0 Å². The molecular weight excluding hydrogens is 252 g/mol. The Morgan fingerprint density at radius 2 is 2.15 bits per heavy atom. The summed E-state index contributed by atoms with van der Waals surface area (Å²) in [5.74, 6) is 0.411. The highest BCUT2D eigenvalue weighted by Crippen LogP contribution is 2.27. The highest BCUT2D eigenvalue weighted by Gasteiger charge is 2.28. The van der Waals surface area contributed by atoms with Gasteiger partial charge in [-0.15, -0.1) is 6.58 Å². The fourth-order valence-corrected chi connectivity index (χ4v) is 2.58. The summed E-state index contributed by atoms with van der Waals surface area (Å²) < 4.78 is 0. The molecule has 4 nitrogen and oxygen atoms in total. The smallest absolute Gasteiger partial charge is 0.227 e. The van der Waals surface area contributed by atoms with Crippen LogP contribution in [-0.2, 0) is 4.79 Å². The van der Waals surface area contributed by atoms with E-state index in [-0.39, 0.29) is 18.4 Å². The minimum Gasteiger partial charge on any atom is -0.395 e. The van der Waals surface area contributed by atoms with Crippen molar-refractivity contribution in [3.05, 3.63) is 36.9 Å². The fraction of sp³-hybridized carbons (Fsp3) is 0.438. The fourth-order valence-electron chi connectivity index (χ4n) is 2.58. The number of benzene rings is 1. The van der Waals surface area contributed by atoms with Crippen molar-refractivity contribution in [2.24, 2.45) is 5.92 Å². The van der Waals surface area contributed by atoms with E-state index >= 15 is 0 Å². The number of nitrogens with zero attached hydrogens (tertiary/aromatic N) is 2. The second kappa shape index (κ2) is 6.57. The Morgan fingerprint density at radius 1 is 1.45 bits per heavy atom. The van der Waals surface area contributed by atoms with E-state index in [9.17, 15) is 4.79 Å². The van der Waals surface area contributed by atoms with Crippen LogP contribution in [0, 0.1) is 5.92 Å². The van der Waals surface area contributed by atoms with E-state index in [0.29, 0.717) is 13.0 Å². The molecule has 1 atom stereocenters. The summed E-state index contributed by atoms with van der Waals surface area (Å²) >= 11 is 0. The van der Waals surface area contributed by atoms with Gasteiger partial charge in [-0.2, -0.15) is 0 Å². The molecule has 0 spiro atoms. The second-order valence-corrected chi connectivity index (χ2v) is 5.02. The van der Waals surface area contributed by atoms with Gasteiger partial charge in [-0.05, 0) is 31.2 Å². The summed E-state index contributed by atoms with van der Waals surface area (Å²) in [6.07, 6.45) is 2.41. The van der Waals surface area contributed by atoms with E-state index in [1.165, 1.54) is 0 Å². The molecule has 1 aromatic carbocycles. The van der Waals surface area contributed by atoms with Crippen molar-refractivity contribution in [2.45, 2.75) is 13.3 Å². The number of rotatable bonds is 6. The molecule has 1 fully saturated rings. The first-order valence-electron chi connectivity index (χ1n) is 7.08. The summed E-state index contributed by atoms with van der Waals surface area (Å²) in [5, 5.41) is 9.04. The highest BCUT2D eigenvalue weighted by atomic mass is 16.3. The Labute approximate surface area is 120 Å². The third-order valence-electron chi connectivity index (χ3n) is 3.77. The van der Waals surface area contributed by atoms with Crippen LogP contribution in [0.25, 0.3) is 0 Å². The predicted octanol–water partition coefficient (Wildman–Crippen LogP) is 2.04. The maximum atomic E-state index is 12.0. The molecule has 4 heteroatoms. The van der Waals surface area contributed by atoms with Crippen molar-refractivity contribution < 1.29 is 9.90 Å². The van der Waals surface area contributed by atoms with Crippen molar-refractivity contribution in [3.63, 3.8) is 0 Å². The van der Waals surface area contributed by atoms with Crippen LogP contribution in [0.3, 0.4) is 0 Å². The van der Waals surface area contributed by atoms with Gasteiger partial charge >= 0.3 is 0 Å². The quantitative estimate of drug-likeness (QED) is 0.807. The zero-order valence-electron chi connectivity index (χ0n) is 12.0. The monoisotopic (exact) mass is 274 g/mol. The highest BCUT2D eigenvalue weighted by molar-refractivity contribution is 5.96. The lowest BCUT2D eigenvalue weighted by Crippen LogP contribution is -2.27. The van der Waals surface area contributed by atoms with E-state index in [1.807, 2.05) is 35.2 Å². The lowest BCUT2D eigenvalue weighted by atomic mass is 10.1. The number of aliphatic hydroxyl groups is 1. The molecule has 0 bridgehead atoms. The molecule has 1 N–H and O–H groups in total. The number of hydrogen-bond donors (Lipinski definition) is 1. The van der Waals surface area contributed by atoms with Gasteiger partial charge in [-0.3, -0.25) is 4.79 Å². The molecule has 1 amide bonds. The number of hydrogen-bond acceptors (Lipinski definition) is 3. The number of aliphatic hydroxyl groups excluding tert-OH is 1. The van der Waals surface area contributed by atoms with Crippen LogP contribution in [-0.4, -0.2) is 37.3 Å². The van der Waals surface area contributed by atoms with Crippen LogP contribution in [0.2, 0.25) is 0 Å². The van der Waals surface area contributed by atoms with Gasteiger partial charge in [-0.1, -0.05) is 6.08 Å². The van der Waals surface area contributed by atoms with Crippen LogP contribution >= 0.6 is 0 Å². The number of amides is 1. The lowest BCUT2D eigenvalue weighted by molar-refractivity contribution is -0.117.